The van der Waals surface area contributed by atoms with E-state index in [1.165, 1.54) is 30.6 Å². The Bertz CT molecular complexity index is 598. The highest BCUT2D eigenvalue weighted by Gasteiger charge is 2.07. The van der Waals surface area contributed by atoms with Crippen molar-refractivity contribution < 1.29 is 18.7 Å². The van der Waals surface area contributed by atoms with Gasteiger partial charge in [0.2, 0.25) is 0 Å². The minimum atomic E-state index is -0.566. The van der Waals surface area contributed by atoms with E-state index >= 15 is 0 Å². The van der Waals surface area contributed by atoms with Crippen LogP contribution in [-0.2, 0) is 14.3 Å². The lowest BCUT2D eigenvalue weighted by molar-refractivity contribution is -0.143. The molecule has 1 N–H and O–H groups in total. The third-order valence-corrected chi connectivity index (χ3v) is 3.64. The number of carbonyl (C=O) groups is 2. The molecule has 0 aliphatic heterocycles. The van der Waals surface area contributed by atoms with Gasteiger partial charge in [0.15, 0.2) is 6.61 Å². The molecule has 1 aromatic rings. The fourth-order valence-electron chi connectivity index (χ4n) is 2.42. The Labute approximate surface area is 136 Å². The van der Waals surface area contributed by atoms with Gasteiger partial charge in [-0.3, -0.25) is 4.79 Å². The Morgan fingerprint density at radius 3 is 2.91 bits per heavy atom. The second-order valence-corrected chi connectivity index (χ2v) is 5.60. The first-order valence-corrected chi connectivity index (χ1v) is 7.99. The molecule has 0 bridgehead atoms. The summed E-state index contributed by atoms with van der Waals surface area (Å²) in [6.45, 7) is 2.15. The van der Waals surface area contributed by atoms with Crippen LogP contribution >= 0.6 is 0 Å². The molecule has 124 valence electrons. The molecule has 0 atom stereocenters. The fourth-order valence-corrected chi connectivity index (χ4v) is 2.42. The van der Waals surface area contributed by atoms with Crippen molar-refractivity contribution in [1.82, 2.24) is 5.32 Å². The van der Waals surface area contributed by atoms with Crippen LogP contribution in [0.15, 0.2) is 34.3 Å². The molecule has 0 radical (unpaired) electrons. The maximum atomic E-state index is 11.6. The number of esters is 1. The highest BCUT2D eigenvalue weighted by atomic mass is 16.5. The van der Waals surface area contributed by atoms with Crippen LogP contribution in [0, 0.1) is 6.92 Å². The first kappa shape index (κ1) is 17.1. The van der Waals surface area contributed by atoms with E-state index in [2.05, 4.69) is 11.4 Å². The Balaban J connectivity index is 1.60. The van der Waals surface area contributed by atoms with Crippen molar-refractivity contribution in [3.63, 3.8) is 0 Å². The lowest BCUT2D eigenvalue weighted by Crippen LogP contribution is -2.29. The third kappa shape index (κ3) is 6.55. The number of hydrogen-bond donors (Lipinski definition) is 1. The van der Waals surface area contributed by atoms with Crippen LogP contribution in [0.4, 0.5) is 0 Å². The van der Waals surface area contributed by atoms with Gasteiger partial charge < -0.3 is 14.5 Å². The quantitative estimate of drug-likeness (QED) is 0.476. The molecule has 2 rings (SSSR count). The topological polar surface area (TPSA) is 68.5 Å². The van der Waals surface area contributed by atoms with Crippen molar-refractivity contribution in [1.29, 1.82) is 0 Å². The van der Waals surface area contributed by atoms with Gasteiger partial charge in [0.25, 0.3) is 5.91 Å². The zero-order chi connectivity index (χ0) is 16.5. The molecule has 0 spiro atoms. The number of rotatable bonds is 7. The maximum Gasteiger partial charge on any atom is 0.331 e. The number of aryl methyl sites for hydroxylation is 1. The average molecular weight is 317 g/mol. The maximum absolute atomic E-state index is 11.6. The van der Waals surface area contributed by atoms with E-state index in [4.69, 9.17) is 9.15 Å². The molecule has 23 heavy (non-hydrogen) atoms. The summed E-state index contributed by atoms with van der Waals surface area (Å²) in [6, 6.07) is 3.56. The molecule has 5 heteroatoms. The summed E-state index contributed by atoms with van der Waals surface area (Å²) in [5.74, 6) is 0.497. The number of amides is 1. The van der Waals surface area contributed by atoms with Crippen molar-refractivity contribution in [2.45, 2.75) is 39.0 Å². The van der Waals surface area contributed by atoms with E-state index in [-0.39, 0.29) is 12.5 Å². The lowest BCUT2D eigenvalue weighted by atomic mass is 9.97. The van der Waals surface area contributed by atoms with Crippen molar-refractivity contribution in [3.8, 4) is 0 Å². The van der Waals surface area contributed by atoms with E-state index in [1.54, 1.807) is 12.1 Å². The van der Waals surface area contributed by atoms with E-state index < -0.39 is 5.97 Å². The zero-order valence-corrected chi connectivity index (χ0v) is 13.5. The summed E-state index contributed by atoms with van der Waals surface area (Å²) >= 11 is 0. The Morgan fingerprint density at radius 1 is 1.35 bits per heavy atom. The largest absolute Gasteiger partial charge is 0.462 e. The van der Waals surface area contributed by atoms with Gasteiger partial charge in [-0.05, 0) is 57.2 Å². The molecular weight excluding hydrogens is 294 g/mol. The normalized spacial score (nSPS) is 14.6. The summed E-state index contributed by atoms with van der Waals surface area (Å²) in [5.41, 5.74) is 1.41. The van der Waals surface area contributed by atoms with Gasteiger partial charge in [-0.25, -0.2) is 4.79 Å². The highest BCUT2D eigenvalue weighted by molar-refractivity contribution is 5.88. The summed E-state index contributed by atoms with van der Waals surface area (Å²) < 4.78 is 10.2. The van der Waals surface area contributed by atoms with E-state index in [9.17, 15) is 9.59 Å². The molecule has 0 unspecified atom stereocenters. The number of allylic oxidation sites excluding steroid dienone is 1. The van der Waals surface area contributed by atoms with Crippen LogP contribution in [0.3, 0.4) is 0 Å². The van der Waals surface area contributed by atoms with Crippen LogP contribution in [0.5, 0.6) is 0 Å². The minimum absolute atomic E-state index is 0.264. The summed E-state index contributed by atoms with van der Waals surface area (Å²) in [4.78, 5) is 23.1. The van der Waals surface area contributed by atoms with Crippen LogP contribution in [0.2, 0.25) is 0 Å². The van der Waals surface area contributed by atoms with Gasteiger partial charge in [-0.1, -0.05) is 11.6 Å². The lowest BCUT2D eigenvalue weighted by Gasteiger charge is -2.12. The van der Waals surface area contributed by atoms with E-state index in [0.717, 1.165) is 25.0 Å². The summed E-state index contributed by atoms with van der Waals surface area (Å²) in [5, 5.41) is 2.76. The number of carbonyl (C=O) groups excluding carboxylic acids is 2. The molecule has 0 fully saturated rings. The number of ether oxygens (including phenoxy) is 1. The Kier molecular flexibility index (Phi) is 6.66. The van der Waals surface area contributed by atoms with Crippen LogP contribution in [-0.4, -0.2) is 25.0 Å². The molecule has 1 aromatic heterocycles. The summed E-state index contributed by atoms with van der Waals surface area (Å²) in [6.07, 6.45) is 10.7. The molecule has 0 saturated carbocycles. The predicted octanol–water partition coefficient (Wildman–Crippen LogP) is 3.15. The molecule has 5 nitrogen and oxygen atoms in total. The first-order chi connectivity index (χ1) is 11.1. The van der Waals surface area contributed by atoms with Crippen molar-refractivity contribution in [3.05, 3.63) is 41.4 Å². The predicted molar refractivity (Wildman–Crippen MR) is 87.6 cm³/mol. The van der Waals surface area contributed by atoms with Gasteiger partial charge in [0.1, 0.15) is 11.5 Å². The van der Waals surface area contributed by atoms with Crippen LogP contribution < -0.4 is 5.32 Å². The van der Waals surface area contributed by atoms with Crippen molar-refractivity contribution in [2.24, 2.45) is 0 Å². The second kappa shape index (κ2) is 8.98. The molecule has 0 aromatic carbocycles. The first-order valence-electron chi connectivity index (χ1n) is 7.99. The van der Waals surface area contributed by atoms with Gasteiger partial charge >= 0.3 is 5.97 Å². The standard InChI is InChI=1S/C18H23NO4/c1-14-7-8-16(23-14)9-10-18(21)22-13-17(20)19-12-11-15-5-3-2-4-6-15/h5,7-10H,2-4,6,11-13H2,1H3,(H,19,20). The molecular formula is C18H23NO4. The number of furan rings is 1. The Hall–Kier alpha value is -2.30. The van der Waals surface area contributed by atoms with Gasteiger partial charge in [-0.15, -0.1) is 0 Å². The van der Waals surface area contributed by atoms with E-state index in [0.29, 0.717) is 12.3 Å². The van der Waals surface area contributed by atoms with Crippen LogP contribution in [0.25, 0.3) is 6.08 Å². The van der Waals surface area contributed by atoms with Gasteiger partial charge in [0.05, 0.1) is 0 Å². The van der Waals surface area contributed by atoms with Crippen molar-refractivity contribution in [2.75, 3.05) is 13.2 Å². The molecule has 1 heterocycles. The van der Waals surface area contributed by atoms with Crippen molar-refractivity contribution >= 4 is 18.0 Å². The molecule has 1 amide bonds. The average Bonchev–Trinajstić information content (AvgIpc) is 2.97. The van der Waals surface area contributed by atoms with Gasteiger partial charge in [0, 0.05) is 12.6 Å². The number of hydrogen-bond acceptors (Lipinski definition) is 4. The fraction of sp³-hybridized carbons (Fsp3) is 0.444. The smallest absolute Gasteiger partial charge is 0.331 e. The summed E-state index contributed by atoms with van der Waals surface area (Å²) in [7, 11) is 0. The van der Waals surface area contributed by atoms with Crippen LogP contribution in [0.1, 0.15) is 43.6 Å². The SMILES string of the molecule is Cc1ccc(C=CC(=O)OCC(=O)NCCC2=CCCCC2)o1. The number of nitrogens with one attached hydrogen (secondary N) is 1. The third-order valence-electron chi connectivity index (χ3n) is 3.64. The highest BCUT2D eigenvalue weighted by Crippen LogP contribution is 2.19. The molecule has 0 saturated heterocycles. The monoisotopic (exact) mass is 317 g/mol. The van der Waals surface area contributed by atoms with E-state index in [1.807, 2.05) is 6.92 Å². The Morgan fingerprint density at radius 2 is 2.22 bits per heavy atom. The molecule has 1 aliphatic rings. The van der Waals surface area contributed by atoms with Gasteiger partial charge in [-0.2, -0.15) is 0 Å². The molecule has 1 aliphatic carbocycles. The second-order valence-electron chi connectivity index (χ2n) is 5.60. The minimum Gasteiger partial charge on any atom is -0.462 e. The zero-order valence-electron chi connectivity index (χ0n) is 13.5.